The molecule has 0 aromatic rings. The molecule has 0 spiro atoms. The predicted molar refractivity (Wildman–Crippen MR) is 53.5 cm³/mol. The summed E-state index contributed by atoms with van der Waals surface area (Å²) in [6, 6.07) is 0.319. The van der Waals surface area contributed by atoms with E-state index < -0.39 is 0 Å². The third-order valence-corrected chi connectivity index (χ3v) is 2.48. The molecule has 1 aliphatic heterocycles. The highest BCUT2D eigenvalue weighted by Gasteiger charge is 2.18. The molecule has 1 unspecified atom stereocenters. The van der Waals surface area contributed by atoms with Crippen molar-refractivity contribution in [3.8, 4) is 0 Å². The minimum atomic E-state index is -0.0528. The Bertz CT molecular complexity index is 191. The van der Waals surface area contributed by atoms with Crippen LogP contribution in [-0.4, -0.2) is 36.5 Å². The Morgan fingerprint density at radius 1 is 1.77 bits per heavy atom. The lowest BCUT2D eigenvalue weighted by molar-refractivity contribution is -0.117. The maximum absolute atomic E-state index is 11.0. The molecule has 0 aromatic carbocycles. The average Bonchev–Trinajstić information content (AvgIpc) is 2.18. The molecule has 1 rings (SSSR count). The quantitative estimate of drug-likeness (QED) is 0.654. The first kappa shape index (κ1) is 10.3. The van der Waals surface area contributed by atoms with Crippen LogP contribution in [0.15, 0.2) is 12.7 Å². The molecule has 1 amide bonds. The first-order chi connectivity index (χ1) is 6.26. The smallest absolute Gasteiger partial charge is 0.243 e. The zero-order chi connectivity index (χ0) is 9.68. The van der Waals surface area contributed by atoms with Crippen molar-refractivity contribution in [3.63, 3.8) is 0 Å². The molecule has 0 aromatic heterocycles. The monoisotopic (exact) mass is 182 g/mol. The van der Waals surface area contributed by atoms with Gasteiger partial charge in [-0.1, -0.05) is 13.5 Å². The molecular formula is C10H18N2O. The minimum Gasteiger partial charge on any atom is -0.349 e. The van der Waals surface area contributed by atoms with Crippen LogP contribution in [0.5, 0.6) is 0 Å². The molecule has 1 aliphatic rings. The van der Waals surface area contributed by atoms with Crippen LogP contribution in [0, 0.1) is 0 Å². The molecule has 1 atom stereocenters. The average molecular weight is 182 g/mol. The summed E-state index contributed by atoms with van der Waals surface area (Å²) in [5.41, 5.74) is 0. The van der Waals surface area contributed by atoms with E-state index in [2.05, 4.69) is 23.7 Å². The van der Waals surface area contributed by atoms with Crippen LogP contribution in [0.4, 0.5) is 0 Å². The molecule has 13 heavy (non-hydrogen) atoms. The fraction of sp³-hybridized carbons (Fsp3) is 0.700. The molecule has 0 saturated carbocycles. The maximum Gasteiger partial charge on any atom is 0.243 e. The molecule has 0 radical (unpaired) electrons. The number of rotatable bonds is 3. The van der Waals surface area contributed by atoms with Gasteiger partial charge in [0.2, 0.25) is 5.91 Å². The van der Waals surface area contributed by atoms with Crippen LogP contribution >= 0.6 is 0 Å². The number of carbonyl (C=O) groups is 1. The van der Waals surface area contributed by atoms with Crippen LogP contribution in [-0.2, 0) is 4.79 Å². The standard InChI is InChI=1S/C10H18N2O/c1-3-10(13)11-9-6-5-7-12(4-2)8-9/h3,9H,1,4-8H2,2H3,(H,11,13). The van der Waals surface area contributed by atoms with Crippen molar-refractivity contribution in [1.29, 1.82) is 0 Å². The van der Waals surface area contributed by atoms with Gasteiger partial charge in [0.25, 0.3) is 0 Å². The molecule has 1 N–H and O–H groups in total. The van der Waals surface area contributed by atoms with Gasteiger partial charge in [-0.15, -0.1) is 0 Å². The topological polar surface area (TPSA) is 32.3 Å². The number of piperidine rings is 1. The van der Waals surface area contributed by atoms with Gasteiger partial charge in [0, 0.05) is 12.6 Å². The van der Waals surface area contributed by atoms with Gasteiger partial charge < -0.3 is 10.2 Å². The fourth-order valence-corrected chi connectivity index (χ4v) is 1.72. The maximum atomic E-state index is 11.0. The second-order valence-electron chi connectivity index (χ2n) is 3.45. The van der Waals surface area contributed by atoms with E-state index in [4.69, 9.17) is 0 Å². The molecule has 1 fully saturated rings. The normalized spacial score (nSPS) is 23.9. The van der Waals surface area contributed by atoms with Gasteiger partial charge in [0.05, 0.1) is 0 Å². The highest BCUT2D eigenvalue weighted by atomic mass is 16.1. The lowest BCUT2D eigenvalue weighted by Gasteiger charge is -2.31. The zero-order valence-electron chi connectivity index (χ0n) is 8.25. The van der Waals surface area contributed by atoms with E-state index in [1.165, 1.54) is 12.5 Å². The van der Waals surface area contributed by atoms with Crippen LogP contribution in [0.25, 0.3) is 0 Å². The van der Waals surface area contributed by atoms with E-state index in [0.29, 0.717) is 6.04 Å². The molecule has 1 saturated heterocycles. The second-order valence-corrected chi connectivity index (χ2v) is 3.45. The number of carbonyl (C=O) groups excluding carboxylic acids is 1. The van der Waals surface area contributed by atoms with Gasteiger partial charge >= 0.3 is 0 Å². The van der Waals surface area contributed by atoms with E-state index in [0.717, 1.165) is 26.1 Å². The molecule has 0 bridgehead atoms. The van der Waals surface area contributed by atoms with Gasteiger partial charge in [-0.3, -0.25) is 4.79 Å². The van der Waals surface area contributed by atoms with Crippen LogP contribution in [0.2, 0.25) is 0 Å². The van der Waals surface area contributed by atoms with E-state index in [1.807, 2.05) is 0 Å². The highest BCUT2D eigenvalue weighted by Crippen LogP contribution is 2.09. The number of amides is 1. The number of likely N-dealkylation sites (tertiary alicyclic amines) is 1. The number of likely N-dealkylation sites (N-methyl/N-ethyl adjacent to an activating group) is 1. The van der Waals surface area contributed by atoms with Gasteiger partial charge in [-0.2, -0.15) is 0 Å². The second kappa shape index (κ2) is 5.02. The highest BCUT2D eigenvalue weighted by molar-refractivity contribution is 5.87. The van der Waals surface area contributed by atoms with Gasteiger partial charge in [0.1, 0.15) is 0 Å². The number of nitrogens with one attached hydrogen (secondary N) is 1. The van der Waals surface area contributed by atoms with Crippen LogP contribution in [0.1, 0.15) is 19.8 Å². The first-order valence-electron chi connectivity index (χ1n) is 4.91. The Labute approximate surface area is 79.8 Å². The third kappa shape index (κ3) is 3.19. The van der Waals surface area contributed by atoms with Gasteiger partial charge in [0.15, 0.2) is 0 Å². The minimum absolute atomic E-state index is 0.0528. The summed E-state index contributed by atoms with van der Waals surface area (Å²) >= 11 is 0. The summed E-state index contributed by atoms with van der Waals surface area (Å²) in [4.78, 5) is 13.4. The Kier molecular flexibility index (Phi) is 3.96. The lowest BCUT2D eigenvalue weighted by atomic mass is 10.1. The summed E-state index contributed by atoms with van der Waals surface area (Å²) < 4.78 is 0. The number of hydrogen-bond donors (Lipinski definition) is 1. The lowest BCUT2D eigenvalue weighted by Crippen LogP contribution is -2.47. The molecule has 74 valence electrons. The van der Waals surface area contributed by atoms with Crippen molar-refractivity contribution in [2.75, 3.05) is 19.6 Å². The first-order valence-corrected chi connectivity index (χ1v) is 4.91. The Hall–Kier alpha value is -0.830. The largest absolute Gasteiger partial charge is 0.349 e. The summed E-state index contributed by atoms with van der Waals surface area (Å²) in [5, 5.41) is 2.93. The molecule has 1 heterocycles. The summed E-state index contributed by atoms with van der Waals surface area (Å²) in [6.07, 6.45) is 3.61. The van der Waals surface area contributed by atoms with Crippen molar-refractivity contribution < 1.29 is 4.79 Å². The van der Waals surface area contributed by atoms with Crippen molar-refractivity contribution in [2.24, 2.45) is 0 Å². The van der Waals surface area contributed by atoms with Crippen molar-refractivity contribution in [2.45, 2.75) is 25.8 Å². The van der Waals surface area contributed by atoms with E-state index >= 15 is 0 Å². The zero-order valence-corrected chi connectivity index (χ0v) is 8.25. The Morgan fingerprint density at radius 3 is 3.15 bits per heavy atom. The fourth-order valence-electron chi connectivity index (χ4n) is 1.72. The predicted octanol–water partition coefficient (Wildman–Crippen LogP) is 0.773. The summed E-state index contributed by atoms with van der Waals surface area (Å²) in [6.45, 7) is 8.81. The summed E-state index contributed by atoms with van der Waals surface area (Å²) in [5.74, 6) is -0.0528. The molecule has 3 heteroatoms. The van der Waals surface area contributed by atoms with Crippen LogP contribution < -0.4 is 5.32 Å². The van der Waals surface area contributed by atoms with Gasteiger partial charge in [-0.25, -0.2) is 0 Å². The van der Waals surface area contributed by atoms with E-state index in [-0.39, 0.29) is 5.91 Å². The van der Waals surface area contributed by atoms with Crippen molar-refractivity contribution >= 4 is 5.91 Å². The third-order valence-electron chi connectivity index (χ3n) is 2.48. The van der Waals surface area contributed by atoms with Gasteiger partial charge in [-0.05, 0) is 32.0 Å². The molecular weight excluding hydrogens is 164 g/mol. The van der Waals surface area contributed by atoms with E-state index in [1.54, 1.807) is 0 Å². The molecule has 0 aliphatic carbocycles. The van der Waals surface area contributed by atoms with E-state index in [9.17, 15) is 4.79 Å². The SMILES string of the molecule is C=CC(=O)NC1CCCN(CC)C1. The number of hydrogen-bond acceptors (Lipinski definition) is 2. The molecule has 3 nitrogen and oxygen atoms in total. The van der Waals surface area contributed by atoms with Crippen LogP contribution in [0.3, 0.4) is 0 Å². The van der Waals surface area contributed by atoms with Crippen molar-refractivity contribution in [1.82, 2.24) is 10.2 Å². The Balaban J connectivity index is 2.33. The Morgan fingerprint density at radius 2 is 2.54 bits per heavy atom. The van der Waals surface area contributed by atoms with Crippen molar-refractivity contribution in [3.05, 3.63) is 12.7 Å². The summed E-state index contributed by atoms with van der Waals surface area (Å²) in [7, 11) is 0. The number of nitrogens with zero attached hydrogens (tertiary/aromatic N) is 1.